The SMILES string of the molecule is ClC(CCC1CCCC1)c1cccs1. The third-order valence-corrected chi connectivity index (χ3v) is 4.72. The Bertz CT molecular complexity index is 249. The summed E-state index contributed by atoms with van der Waals surface area (Å²) in [6.45, 7) is 0. The Balaban J connectivity index is 1.74. The lowest BCUT2D eigenvalue weighted by molar-refractivity contribution is 0.481. The highest BCUT2D eigenvalue weighted by Crippen LogP contribution is 2.35. The third kappa shape index (κ3) is 2.74. The van der Waals surface area contributed by atoms with E-state index in [4.69, 9.17) is 11.6 Å². The summed E-state index contributed by atoms with van der Waals surface area (Å²) in [5, 5.41) is 2.37. The zero-order valence-corrected chi connectivity index (χ0v) is 9.99. The van der Waals surface area contributed by atoms with Crippen LogP contribution in [0.5, 0.6) is 0 Å². The molecule has 0 aromatic carbocycles. The van der Waals surface area contributed by atoms with Crippen LogP contribution in [0.3, 0.4) is 0 Å². The molecule has 0 nitrogen and oxygen atoms in total. The molecule has 0 bridgehead atoms. The van der Waals surface area contributed by atoms with Crippen LogP contribution in [-0.2, 0) is 0 Å². The fourth-order valence-electron chi connectivity index (χ4n) is 2.29. The summed E-state index contributed by atoms with van der Waals surface area (Å²) in [6, 6.07) is 4.24. The highest BCUT2D eigenvalue weighted by atomic mass is 35.5. The fourth-order valence-corrected chi connectivity index (χ4v) is 3.38. The van der Waals surface area contributed by atoms with Gasteiger partial charge in [0.15, 0.2) is 0 Å². The maximum Gasteiger partial charge on any atom is 0.0678 e. The first-order valence-corrected chi connectivity index (χ1v) is 6.85. The van der Waals surface area contributed by atoms with E-state index in [0.717, 1.165) is 12.3 Å². The van der Waals surface area contributed by atoms with Crippen LogP contribution in [0.15, 0.2) is 17.5 Å². The summed E-state index contributed by atoms with van der Waals surface area (Å²) in [5.74, 6) is 0.969. The molecule has 1 aliphatic rings. The zero-order chi connectivity index (χ0) is 9.80. The maximum absolute atomic E-state index is 6.34. The van der Waals surface area contributed by atoms with Gasteiger partial charge in [-0.3, -0.25) is 0 Å². The molecule has 0 spiro atoms. The summed E-state index contributed by atoms with van der Waals surface area (Å²) >= 11 is 8.12. The van der Waals surface area contributed by atoms with Crippen molar-refractivity contribution in [3.8, 4) is 0 Å². The van der Waals surface area contributed by atoms with Crippen molar-refractivity contribution in [1.29, 1.82) is 0 Å². The van der Waals surface area contributed by atoms with E-state index in [-0.39, 0.29) is 5.38 Å². The predicted molar refractivity (Wildman–Crippen MR) is 64.1 cm³/mol. The van der Waals surface area contributed by atoms with Crippen LogP contribution < -0.4 is 0 Å². The van der Waals surface area contributed by atoms with Gasteiger partial charge in [-0.05, 0) is 30.2 Å². The molecule has 0 aliphatic heterocycles. The minimum Gasteiger partial charge on any atom is -0.147 e. The molecule has 0 saturated heterocycles. The van der Waals surface area contributed by atoms with Gasteiger partial charge < -0.3 is 0 Å². The van der Waals surface area contributed by atoms with Gasteiger partial charge in [-0.25, -0.2) is 0 Å². The van der Waals surface area contributed by atoms with Crippen molar-refractivity contribution >= 4 is 22.9 Å². The minimum atomic E-state index is 0.260. The number of hydrogen-bond acceptors (Lipinski definition) is 1. The molecule has 0 radical (unpaired) electrons. The summed E-state index contributed by atoms with van der Waals surface area (Å²) < 4.78 is 0. The molecular formula is C12H17ClS. The van der Waals surface area contributed by atoms with Gasteiger partial charge in [-0.1, -0.05) is 31.7 Å². The van der Waals surface area contributed by atoms with Crippen LogP contribution in [0.1, 0.15) is 48.8 Å². The lowest BCUT2D eigenvalue weighted by Gasteiger charge is -2.11. The summed E-state index contributed by atoms with van der Waals surface area (Å²) in [4.78, 5) is 1.34. The molecular weight excluding hydrogens is 212 g/mol. The van der Waals surface area contributed by atoms with Crippen molar-refractivity contribution in [3.63, 3.8) is 0 Å². The molecule has 1 saturated carbocycles. The topological polar surface area (TPSA) is 0 Å². The van der Waals surface area contributed by atoms with Gasteiger partial charge in [0.1, 0.15) is 0 Å². The van der Waals surface area contributed by atoms with E-state index in [9.17, 15) is 0 Å². The van der Waals surface area contributed by atoms with Crippen LogP contribution in [-0.4, -0.2) is 0 Å². The van der Waals surface area contributed by atoms with Crippen LogP contribution in [0.4, 0.5) is 0 Å². The second-order valence-electron chi connectivity index (χ2n) is 4.21. The number of hydrogen-bond donors (Lipinski definition) is 0. The second-order valence-corrected chi connectivity index (χ2v) is 5.72. The zero-order valence-electron chi connectivity index (χ0n) is 8.42. The van der Waals surface area contributed by atoms with Crippen LogP contribution >= 0.6 is 22.9 Å². The first-order valence-electron chi connectivity index (χ1n) is 5.54. The monoisotopic (exact) mass is 228 g/mol. The second kappa shape index (κ2) is 5.18. The molecule has 14 heavy (non-hydrogen) atoms. The first-order chi connectivity index (χ1) is 6.86. The van der Waals surface area contributed by atoms with Crippen LogP contribution in [0, 0.1) is 5.92 Å². The Hall–Kier alpha value is -0.0100. The van der Waals surface area contributed by atoms with E-state index in [1.807, 2.05) is 0 Å². The molecule has 1 aliphatic carbocycles. The van der Waals surface area contributed by atoms with E-state index in [1.165, 1.54) is 37.0 Å². The van der Waals surface area contributed by atoms with E-state index in [1.54, 1.807) is 11.3 Å². The van der Waals surface area contributed by atoms with Gasteiger partial charge in [-0.15, -0.1) is 22.9 Å². The van der Waals surface area contributed by atoms with Gasteiger partial charge >= 0.3 is 0 Å². The molecule has 78 valence electrons. The quantitative estimate of drug-likeness (QED) is 0.637. The van der Waals surface area contributed by atoms with Crippen molar-refractivity contribution < 1.29 is 0 Å². The van der Waals surface area contributed by atoms with E-state index in [2.05, 4.69) is 17.5 Å². The number of alkyl halides is 1. The molecule has 2 rings (SSSR count). The predicted octanol–water partition coefficient (Wildman–Crippen LogP) is 5.00. The standard InChI is InChI=1S/C12H17ClS/c13-11(12-6-3-9-14-12)8-7-10-4-1-2-5-10/h3,6,9-11H,1-2,4-5,7-8H2. The van der Waals surface area contributed by atoms with Crippen molar-refractivity contribution in [3.05, 3.63) is 22.4 Å². The van der Waals surface area contributed by atoms with Gasteiger partial charge in [0.05, 0.1) is 5.38 Å². The van der Waals surface area contributed by atoms with Crippen molar-refractivity contribution in [1.82, 2.24) is 0 Å². The van der Waals surface area contributed by atoms with Crippen molar-refractivity contribution in [2.75, 3.05) is 0 Å². The van der Waals surface area contributed by atoms with Gasteiger partial charge in [0.25, 0.3) is 0 Å². The maximum atomic E-state index is 6.34. The van der Waals surface area contributed by atoms with Crippen LogP contribution in [0.2, 0.25) is 0 Å². The highest BCUT2D eigenvalue weighted by Gasteiger charge is 2.17. The molecule has 1 aromatic rings. The molecule has 1 atom stereocenters. The summed E-state index contributed by atoms with van der Waals surface area (Å²) in [6.07, 6.45) is 8.24. The molecule has 0 amide bonds. The average Bonchev–Trinajstić information content (AvgIpc) is 2.87. The van der Waals surface area contributed by atoms with Gasteiger partial charge in [-0.2, -0.15) is 0 Å². The average molecular weight is 229 g/mol. The van der Waals surface area contributed by atoms with Gasteiger partial charge in [0, 0.05) is 4.88 Å². The molecule has 2 heteroatoms. The number of rotatable bonds is 4. The molecule has 1 fully saturated rings. The Morgan fingerprint density at radius 1 is 1.43 bits per heavy atom. The lowest BCUT2D eigenvalue weighted by atomic mass is 10.0. The molecule has 1 unspecified atom stereocenters. The smallest absolute Gasteiger partial charge is 0.0678 e. The number of halogens is 1. The molecule has 0 N–H and O–H groups in total. The van der Waals surface area contributed by atoms with Gasteiger partial charge in [0.2, 0.25) is 0 Å². The van der Waals surface area contributed by atoms with E-state index < -0.39 is 0 Å². The summed E-state index contributed by atoms with van der Waals surface area (Å²) in [5.41, 5.74) is 0. The van der Waals surface area contributed by atoms with Crippen molar-refractivity contribution in [2.24, 2.45) is 5.92 Å². The fraction of sp³-hybridized carbons (Fsp3) is 0.667. The normalized spacial score (nSPS) is 20.1. The van der Waals surface area contributed by atoms with Crippen LogP contribution in [0.25, 0.3) is 0 Å². The third-order valence-electron chi connectivity index (χ3n) is 3.16. The lowest BCUT2D eigenvalue weighted by Crippen LogP contribution is -1.96. The number of thiophene rings is 1. The largest absolute Gasteiger partial charge is 0.147 e. The molecule has 1 heterocycles. The van der Waals surface area contributed by atoms with E-state index in [0.29, 0.717) is 0 Å². The van der Waals surface area contributed by atoms with E-state index >= 15 is 0 Å². The van der Waals surface area contributed by atoms with Crippen molar-refractivity contribution in [2.45, 2.75) is 43.9 Å². The molecule has 1 aromatic heterocycles. The first kappa shape index (κ1) is 10.5. The Labute approximate surface area is 95.3 Å². The Morgan fingerprint density at radius 2 is 2.21 bits per heavy atom. The Morgan fingerprint density at radius 3 is 2.86 bits per heavy atom. The minimum absolute atomic E-state index is 0.260. The Kier molecular flexibility index (Phi) is 3.89. The summed E-state index contributed by atoms with van der Waals surface area (Å²) in [7, 11) is 0. The highest BCUT2D eigenvalue weighted by molar-refractivity contribution is 7.10.